The lowest BCUT2D eigenvalue weighted by Crippen LogP contribution is -2.51. The molecular formula is C23H28F5N7O. The van der Waals surface area contributed by atoms with Crippen LogP contribution in [0.3, 0.4) is 0 Å². The molecule has 1 saturated carbocycles. The first-order valence-corrected chi connectivity index (χ1v) is 11.8. The van der Waals surface area contributed by atoms with Crippen LogP contribution in [-0.4, -0.2) is 70.6 Å². The average molecular weight is 514 g/mol. The van der Waals surface area contributed by atoms with Crippen LogP contribution in [0.4, 0.5) is 33.6 Å². The van der Waals surface area contributed by atoms with Crippen LogP contribution in [0.2, 0.25) is 0 Å². The van der Waals surface area contributed by atoms with Crippen molar-refractivity contribution in [3.05, 3.63) is 41.7 Å². The predicted octanol–water partition coefficient (Wildman–Crippen LogP) is 2.80. The molecule has 8 nitrogen and oxygen atoms in total. The van der Waals surface area contributed by atoms with Crippen molar-refractivity contribution < 1.29 is 26.7 Å². The minimum atomic E-state index is -4.49. The first-order valence-electron chi connectivity index (χ1n) is 11.8. The summed E-state index contributed by atoms with van der Waals surface area (Å²) in [5.41, 5.74) is 5.06. The summed E-state index contributed by atoms with van der Waals surface area (Å²) in [7, 11) is 0. The van der Waals surface area contributed by atoms with Gasteiger partial charge in [0.05, 0.1) is 23.8 Å². The molecule has 0 radical (unpaired) electrons. The third kappa shape index (κ3) is 6.06. The van der Waals surface area contributed by atoms with Gasteiger partial charge in [0.1, 0.15) is 18.8 Å². The summed E-state index contributed by atoms with van der Waals surface area (Å²) in [6.07, 6.45) is -0.996. The lowest BCUT2D eigenvalue weighted by molar-refractivity contribution is -0.137. The van der Waals surface area contributed by atoms with Crippen LogP contribution < -0.4 is 16.0 Å². The summed E-state index contributed by atoms with van der Waals surface area (Å²) in [6, 6.07) is 1.68. The number of hydrogen-bond acceptors (Lipinski definition) is 8. The Hall–Kier alpha value is -2.93. The molecule has 0 spiro atoms. The van der Waals surface area contributed by atoms with E-state index in [0.29, 0.717) is 18.7 Å². The number of halogens is 5. The number of hydrogen-bond donors (Lipinski definition) is 2. The van der Waals surface area contributed by atoms with E-state index in [9.17, 15) is 22.4 Å². The van der Waals surface area contributed by atoms with Crippen LogP contribution in [0, 0.1) is 11.7 Å². The number of carbonyl (C=O) groups is 1. The molecule has 36 heavy (non-hydrogen) atoms. The Bertz CT molecular complexity index is 1030. The fraction of sp³-hybridized carbons (Fsp3) is 0.565. The van der Waals surface area contributed by atoms with Gasteiger partial charge >= 0.3 is 6.18 Å². The summed E-state index contributed by atoms with van der Waals surface area (Å²) in [5, 5.41) is 2.88. The molecule has 1 saturated heterocycles. The lowest BCUT2D eigenvalue weighted by atomic mass is 9.94. The van der Waals surface area contributed by atoms with Crippen molar-refractivity contribution in [2.75, 3.05) is 36.4 Å². The highest BCUT2D eigenvalue weighted by molar-refractivity contribution is 5.58. The number of piperidine rings is 1. The van der Waals surface area contributed by atoms with Crippen molar-refractivity contribution in [1.82, 2.24) is 19.9 Å². The molecule has 4 rings (SSSR count). The minimum absolute atomic E-state index is 0.0140. The van der Waals surface area contributed by atoms with Crippen LogP contribution in [0.25, 0.3) is 0 Å². The Morgan fingerprint density at radius 2 is 2.00 bits per heavy atom. The summed E-state index contributed by atoms with van der Waals surface area (Å²) in [5.74, 6) is -1.18. The van der Waals surface area contributed by atoms with Gasteiger partial charge in [-0.2, -0.15) is 17.6 Å². The second kappa shape index (κ2) is 11.0. The van der Waals surface area contributed by atoms with E-state index in [0.717, 1.165) is 31.4 Å². The SMILES string of the molecule is NCC(C=O)N1CC[C@@H](CNc2ncnc(N(Cc3ccc(C(F)(F)F)cn3)C3CC3)c2F)[C@H](F)C1. The van der Waals surface area contributed by atoms with Crippen molar-refractivity contribution in [2.24, 2.45) is 11.7 Å². The van der Waals surface area contributed by atoms with Gasteiger partial charge in [0.15, 0.2) is 11.6 Å². The molecule has 3 N–H and O–H groups in total. The fourth-order valence-corrected chi connectivity index (χ4v) is 4.33. The number of carbonyl (C=O) groups excluding carboxylic acids is 1. The maximum atomic E-state index is 15.4. The summed E-state index contributed by atoms with van der Waals surface area (Å²) in [6.45, 7) is 0.912. The number of nitrogens with one attached hydrogen (secondary N) is 1. The monoisotopic (exact) mass is 513 g/mol. The van der Waals surface area contributed by atoms with Crippen molar-refractivity contribution in [3.63, 3.8) is 0 Å². The minimum Gasteiger partial charge on any atom is -0.367 e. The summed E-state index contributed by atoms with van der Waals surface area (Å²) >= 11 is 0. The van der Waals surface area contributed by atoms with Gasteiger partial charge in [0.2, 0.25) is 5.82 Å². The molecule has 0 amide bonds. The topological polar surface area (TPSA) is 100 Å². The molecular weight excluding hydrogens is 485 g/mol. The standard InChI is InChI=1S/C23H28F5N7O/c24-19-11-34(18(7-29)12-36)6-5-14(19)8-31-21-20(25)22(33-13-32-21)35(17-3-4-17)10-16-2-1-15(9-30-16)23(26,27)28/h1-2,9,12-14,17-19H,3-8,10-11,29H2,(H,31,32,33)/t14-,18?,19+/m0/s1. The van der Waals surface area contributed by atoms with E-state index in [4.69, 9.17) is 5.73 Å². The number of aldehydes is 1. The smallest absolute Gasteiger partial charge is 0.367 e. The average Bonchev–Trinajstić information content (AvgIpc) is 3.69. The van der Waals surface area contributed by atoms with E-state index in [1.807, 2.05) is 0 Å². The molecule has 2 aliphatic rings. The number of alkyl halides is 4. The van der Waals surface area contributed by atoms with Crippen molar-refractivity contribution in [1.29, 1.82) is 0 Å². The van der Waals surface area contributed by atoms with Crippen molar-refractivity contribution >= 4 is 17.9 Å². The van der Waals surface area contributed by atoms with Gasteiger partial charge in [-0.15, -0.1) is 0 Å². The van der Waals surface area contributed by atoms with Crippen molar-refractivity contribution in [2.45, 2.75) is 50.2 Å². The predicted molar refractivity (Wildman–Crippen MR) is 122 cm³/mol. The number of aromatic nitrogens is 3. The highest BCUT2D eigenvalue weighted by atomic mass is 19.4. The number of anilines is 2. The summed E-state index contributed by atoms with van der Waals surface area (Å²) in [4.78, 5) is 26.4. The van der Waals surface area contributed by atoms with Gasteiger partial charge in [0, 0.05) is 37.8 Å². The van der Waals surface area contributed by atoms with E-state index in [-0.39, 0.29) is 43.9 Å². The Labute approximate surface area is 205 Å². The van der Waals surface area contributed by atoms with E-state index in [2.05, 4.69) is 20.3 Å². The molecule has 3 heterocycles. The van der Waals surface area contributed by atoms with Gasteiger partial charge in [-0.05, 0) is 37.9 Å². The van der Waals surface area contributed by atoms with Crippen LogP contribution in [0.5, 0.6) is 0 Å². The summed E-state index contributed by atoms with van der Waals surface area (Å²) < 4.78 is 68.6. The first kappa shape index (κ1) is 26.1. The molecule has 2 aromatic rings. The number of pyridine rings is 1. The highest BCUT2D eigenvalue weighted by Gasteiger charge is 2.35. The number of likely N-dealkylation sites (tertiary alicyclic amines) is 1. The van der Waals surface area contributed by atoms with Gasteiger partial charge in [-0.3, -0.25) is 9.88 Å². The fourth-order valence-electron chi connectivity index (χ4n) is 4.33. The molecule has 0 bridgehead atoms. The van der Waals surface area contributed by atoms with Gasteiger partial charge in [-0.1, -0.05) is 0 Å². The molecule has 2 fully saturated rings. The number of rotatable bonds is 10. The zero-order valence-electron chi connectivity index (χ0n) is 19.5. The first-order chi connectivity index (χ1) is 17.2. The second-order valence-electron chi connectivity index (χ2n) is 9.13. The largest absolute Gasteiger partial charge is 0.417 e. The van der Waals surface area contributed by atoms with E-state index < -0.39 is 35.7 Å². The molecule has 1 unspecified atom stereocenters. The molecule has 2 aromatic heterocycles. The number of nitrogens with zero attached hydrogens (tertiary/aromatic N) is 5. The third-order valence-electron chi connectivity index (χ3n) is 6.62. The quantitative estimate of drug-likeness (QED) is 0.370. The Kier molecular flexibility index (Phi) is 7.98. The zero-order chi connectivity index (χ0) is 25.9. The van der Waals surface area contributed by atoms with Gasteiger partial charge in [0.25, 0.3) is 0 Å². The van der Waals surface area contributed by atoms with Crippen LogP contribution in [0.1, 0.15) is 30.5 Å². The van der Waals surface area contributed by atoms with E-state index in [1.54, 1.807) is 9.80 Å². The zero-order valence-corrected chi connectivity index (χ0v) is 19.5. The van der Waals surface area contributed by atoms with Gasteiger partial charge < -0.3 is 20.7 Å². The maximum absolute atomic E-state index is 15.4. The van der Waals surface area contributed by atoms with Gasteiger partial charge in [-0.25, -0.2) is 14.4 Å². The molecule has 1 aliphatic heterocycles. The Balaban J connectivity index is 1.42. The third-order valence-corrected chi connectivity index (χ3v) is 6.62. The maximum Gasteiger partial charge on any atom is 0.417 e. The Morgan fingerprint density at radius 3 is 2.58 bits per heavy atom. The molecule has 13 heteroatoms. The molecule has 3 atom stereocenters. The van der Waals surface area contributed by atoms with Crippen LogP contribution in [-0.2, 0) is 17.5 Å². The van der Waals surface area contributed by atoms with Crippen LogP contribution in [0.15, 0.2) is 24.7 Å². The van der Waals surface area contributed by atoms with Crippen molar-refractivity contribution in [3.8, 4) is 0 Å². The normalized spacial score (nSPS) is 21.7. The molecule has 196 valence electrons. The molecule has 0 aromatic carbocycles. The number of nitrogens with two attached hydrogens (primary N) is 1. The van der Waals surface area contributed by atoms with Crippen LogP contribution >= 0.6 is 0 Å². The lowest BCUT2D eigenvalue weighted by Gasteiger charge is -2.37. The molecule has 1 aliphatic carbocycles. The highest BCUT2D eigenvalue weighted by Crippen LogP contribution is 2.35. The second-order valence-corrected chi connectivity index (χ2v) is 9.13. The van der Waals surface area contributed by atoms with E-state index in [1.165, 1.54) is 12.4 Å². The van der Waals surface area contributed by atoms with E-state index >= 15 is 4.39 Å². The Morgan fingerprint density at radius 1 is 1.22 bits per heavy atom.